The Balaban J connectivity index is 3.07. The van der Waals surface area contributed by atoms with E-state index in [0.29, 0.717) is 17.5 Å². The van der Waals surface area contributed by atoms with Crippen LogP contribution in [-0.2, 0) is 0 Å². The molecule has 4 heteroatoms. The van der Waals surface area contributed by atoms with Crippen molar-refractivity contribution in [3.63, 3.8) is 0 Å². The van der Waals surface area contributed by atoms with E-state index in [4.69, 9.17) is 10.8 Å². The third-order valence-electron chi connectivity index (χ3n) is 2.80. The Bertz CT molecular complexity index is 432. The van der Waals surface area contributed by atoms with Gasteiger partial charge in [0.2, 0.25) is 0 Å². The highest BCUT2D eigenvalue weighted by atomic mass is 16.4. The molecule has 0 heterocycles. The summed E-state index contributed by atoms with van der Waals surface area (Å²) in [5.74, 6) is 0.0579. The molecule has 1 rings (SSSR count). The fourth-order valence-corrected chi connectivity index (χ4v) is 2.09. The van der Waals surface area contributed by atoms with Gasteiger partial charge in [0.15, 0.2) is 0 Å². The number of benzene rings is 1. The molecule has 0 saturated heterocycles. The predicted octanol–water partition coefficient (Wildman–Crippen LogP) is 3.09. The van der Waals surface area contributed by atoms with Crippen LogP contribution in [0.1, 0.15) is 38.1 Å². The second kappa shape index (κ2) is 6.45. The van der Waals surface area contributed by atoms with Crippen LogP contribution < -0.4 is 10.6 Å². The Morgan fingerprint density at radius 1 is 1.21 bits per heavy atom. The molecule has 0 aromatic heterocycles. The van der Waals surface area contributed by atoms with E-state index < -0.39 is 5.97 Å². The fourth-order valence-electron chi connectivity index (χ4n) is 2.09. The van der Waals surface area contributed by atoms with Crippen LogP contribution in [0.3, 0.4) is 0 Å². The summed E-state index contributed by atoms with van der Waals surface area (Å²) in [5, 5.41) is 9.14. The van der Waals surface area contributed by atoms with Crippen LogP contribution in [0.2, 0.25) is 0 Å². The zero-order valence-electron chi connectivity index (χ0n) is 12.2. The number of hydrogen-bond donors (Lipinski definition) is 2. The lowest BCUT2D eigenvalue weighted by atomic mass is 10.1. The Morgan fingerprint density at radius 3 is 2.16 bits per heavy atom. The van der Waals surface area contributed by atoms with E-state index in [-0.39, 0.29) is 5.56 Å². The van der Waals surface area contributed by atoms with E-state index in [1.807, 2.05) is 6.07 Å². The number of rotatable bonds is 6. The van der Waals surface area contributed by atoms with Gasteiger partial charge in [0, 0.05) is 24.5 Å². The minimum atomic E-state index is -0.978. The Morgan fingerprint density at radius 2 is 1.74 bits per heavy atom. The average molecular weight is 264 g/mol. The summed E-state index contributed by atoms with van der Waals surface area (Å²) >= 11 is 0. The van der Waals surface area contributed by atoms with Crippen LogP contribution in [0.25, 0.3) is 0 Å². The normalized spacial score (nSPS) is 11.1. The van der Waals surface area contributed by atoms with E-state index in [0.717, 1.165) is 18.8 Å². The first-order valence-corrected chi connectivity index (χ1v) is 6.69. The molecule has 3 N–H and O–H groups in total. The maximum absolute atomic E-state index is 11.1. The largest absolute Gasteiger partial charge is 0.478 e. The van der Waals surface area contributed by atoms with E-state index in [1.54, 1.807) is 12.1 Å². The molecule has 1 aromatic carbocycles. The van der Waals surface area contributed by atoms with Gasteiger partial charge in [-0.25, -0.2) is 4.79 Å². The first kappa shape index (κ1) is 15.3. The molecular formula is C15H24N2O2. The molecule has 0 spiro atoms. The van der Waals surface area contributed by atoms with Gasteiger partial charge in [0.05, 0.1) is 5.56 Å². The minimum absolute atomic E-state index is 0.176. The summed E-state index contributed by atoms with van der Waals surface area (Å²) in [6, 6.07) is 5.24. The lowest BCUT2D eigenvalue weighted by molar-refractivity contribution is 0.0698. The molecule has 0 atom stereocenters. The van der Waals surface area contributed by atoms with Crippen molar-refractivity contribution in [1.29, 1.82) is 0 Å². The van der Waals surface area contributed by atoms with Crippen LogP contribution in [-0.4, -0.2) is 24.2 Å². The minimum Gasteiger partial charge on any atom is -0.478 e. The molecule has 0 bridgehead atoms. The highest BCUT2D eigenvalue weighted by molar-refractivity contribution is 5.94. The molecule has 106 valence electrons. The van der Waals surface area contributed by atoms with Gasteiger partial charge in [-0.3, -0.25) is 0 Å². The third-order valence-corrected chi connectivity index (χ3v) is 2.80. The number of nitrogens with zero attached hydrogens (tertiary/aromatic N) is 1. The number of carboxylic acid groups (broad SMARTS) is 1. The Kier molecular flexibility index (Phi) is 5.21. The van der Waals surface area contributed by atoms with Crippen molar-refractivity contribution in [2.45, 2.75) is 27.7 Å². The smallest absolute Gasteiger partial charge is 0.337 e. The van der Waals surface area contributed by atoms with Gasteiger partial charge in [-0.1, -0.05) is 27.7 Å². The maximum Gasteiger partial charge on any atom is 0.337 e. The van der Waals surface area contributed by atoms with Crippen LogP contribution in [0.15, 0.2) is 18.2 Å². The van der Waals surface area contributed by atoms with Gasteiger partial charge in [0.1, 0.15) is 0 Å². The number of hydrogen-bond acceptors (Lipinski definition) is 3. The molecule has 1 aromatic rings. The standard InChI is InChI=1S/C15H24N2O2/c1-10(2)8-17(9-11(3)4)12-5-6-14(16)13(7-12)15(18)19/h5-7,10-11H,8-9,16H2,1-4H3,(H,18,19). The summed E-state index contributed by atoms with van der Waals surface area (Å²) < 4.78 is 0. The molecule has 0 aliphatic rings. The number of anilines is 2. The van der Waals surface area contributed by atoms with Gasteiger partial charge < -0.3 is 15.7 Å². The summed E-state index contributed by atoms with van der Waals surface area (Å²) in [7, 11) is 0. The number of carboxylic acids is 1. The highest BCUT2D eigenvalue weighted by Crippen LogP contribution is 2.23. The van der Waals surface area contributed by atoms with E-state index in [1.165, 1.54) is 0 Å². The van der Waals surface area contributed by atoms with Gasteiger partial charge in [0.25, 0.3) is 0 Å². The number of carbonyl (C=O) groups is 1. The first-order chi connectivity index (χ1) is 8.81. The van der Waals surface area contributed by atoms with Crippen LogP contribution in [0, 0.1) is 11.8 Å². The van der Waals surface area contributed by atoms with E-state index in [9.17, 15) is 4.79 Å². The van der Waals surface area contributed by atoms with E-state index >= 15 is 0 Å². The Hall–Kier alpha value is -1.71. The van der Waals surface area contributed by atoms with Crippen molar-refractivity contribution in [3.8, 4) is 0 Å². The average Bonchev–Trinajstić information content (AvgIpc) is 2.27. The van der Waals surface area contributed by atoms with Crippen molar-refractivity contribution >= 4 is 17.3 Å². The Labute approximate surface area is 115 Å². The maximum atomic E-state index is 11.1. The second-order valence-corrected chi connectivity index (χ2v) is 5.77. The van der Waals surface area contributed by atoms with Crippen molar-refractivity contribution < 1.29 is 9.90 Å². The quantitative estimate of drug-likeness (QED) is 0.775. The number of nitrogen functional groups attached to an aromatic ring is 1. The molecule has 0 aliphatic carbocycles. The predicted molar refractivity (Wildman–Crippen MR) is 79.7 cm³/mol. The SMILES string of the molecule is CC(C)CN(CC(C)C)c1ccc(N)c(C(=O)O)c1. The number of aromatic carboxylic acids is 1. The first-order valence-electron chi connectivity index (χ1n) is 6.69. The monoisotopic (exact) mass is 264 g/mol. The van der Waals surface area contributed by atoms with Gasteiger partial charge in [-0.2, -0.15) is 0 Å². The van der Waals surface area contributed by atoms with Crippen molar-refractivity contribution in [2.24, 2.45) is 11.8 Å². The molecule has 0 saturated carbocycles. The molecule has 19 heavy (non-hydrogen) atoms. The summed E-state index contributed by atoms with van der Waals surface area (Å²) in [6.45, 7) is 10.4. The fraction of sp³-hybridized carbons (Fsp3) is 0.533. The topological polar surface area (TPSA) is 66.6 Å². The van der Waals surface area contributed by atoms with Crippen molar-refractivity contribution in [1.82, 2.24) is 0 Å². The van der Waals surface area contributed by atoms with Crippen molar-refractivity contribution in [3.05, 3.63) is 23.8 Å². The molecule has 0 amide bonds. The highest BCUT2D eigenvalue weighted by Gasteiger charge is 2.14. The van der Waals surface area contributed by atoms with Crippen LogP contribution in [0.4, 0.5) is 11.4 Å². The van der Waals surface area contributed by atoms with Crippen LogP contribution >= 0.6 is 0 Å². The van der Waals surface area contributed by atoms with Gasteiger partial charge in [-0.05, 0) is 30.0 Å². The van der Waals surface area contributed by atoms with E-state index in [2.05, 4.69) is 32.6 Å². The molecule has 0 unspecified atom stereocenters. The molecule has 0 radical (unpaired) electrons. The van der Waals surface area contributed by atoms with Crippen LogP contribution in [0.5, 0.6) is 0 Å². The van der Waals surface area contributed by atoms with Gasteiger partial charge in [-0.15, -0.1) is 0 Å². The van der Waals surface area contributed by atoms with Crippen molar-refractivity contribution in [2.75, 3.05) is 23.7 Å². The van der Waals surface area contributed by atoms with Gasteiger partial charge >= 0.3 is 5.97 Å². The number of nitrogens with two attached hydrogens (primary N) is 1. The molecule has 0 fully saturated rings. The third kappa shape index (κ3) is 4.47. The lowest BCUT2D eigenvalue weighted by Gasteiger charge is -2.29. The summed E-state index contributed by atoms with van der Waals surface area (Å²) in [6.07, 6.45) is 0. The zero-order chi connectivity index (χ0) is 14.6. The second-order valence-electron chi connectivity index (χ2n) is 5.77. The zero-order valence-corrected chi connectivity index (χ0v) is 12.2. The molecule has 0 aliphatic heterocycles. The lowest BCUT2D eigenvalue weighted by Crippen LogP contribution is -2.31. The molecule has 4 nitrogen and oxygen atoms in total. The summed E-state index contributed by atoms with van der Waals surface area (Å²) in [4.78, 5) is 13.4. The molecular weight excluding hydrogens is 240 g/mol. The summed E-state index contributed by atoms with van der Waals surface area (Å²) in [5.41, 5.74) is 7.11.